The average molecular weight is 593 g/mol. The Labute approximate surface area is 230 Å². The molecule has 1 aromatic heterocycles. The van der Waals surface area contributed by atoms with Crippen molar-refractivity contribution in [3.63, 3.8) is 0 Å². The lowest BCUT2D eigenvalue weighted by atomic mass is 10.2. The second-order valence-corrected chi connectivity index (χ2v) is 7.71. The highest BCUT2D eigenvalue weighted by Gasteiger charge is 2.33. The molecule has 3 aromatic rings. The minimum atomic E-state index is -1.46. The van der Waals surface area contributed by atoms with E-state index in [1.54, 1.807) is 35.2 Å². The van der Waals surface area contributed by atoms with Crippen molar-refractivity contribution in [1.82, 2.24) is 0 Å². The maximum absolute atomic E-state index is 11.1. The lowest BCUT2D eigenvalue weighted by molar-refractivity contribution is -0.703. The van der Waals surface area contributed by atoms with Crippen LogP contribution in [0.2, 0.25) is 0 Å². The van der Waals surface area contributed by atoms with E-state index in [2.05, 4.69) is 0 Å². The zero-order valence-electron chi connectivity index (χ0n) is 20.5. The summed E-state index contributed by atoms with van der Waals surface area (Å²) in [6, 6.07) is 7.12. The van der Waals surface area contributed by atoms with Crippen LogP contribution in [0.4, 0.5) is 34.1 Å². The van der Waals surface area contributed by atoms with Gasteiger partial charge in [0.2, 0.25) is 0 Å². The Balaban J connectivity index is 0.000000330. The normalized spacial score (nSPS) is 10.9. The smallest absolute Gasteiger partial charge is 0.325 e. The number of nitro groups is 6. The van der Waals surface area contributed by atoms with Gasteiger partial charge in [0, 0.05) is 12.1 Å². The molecular weight excluding hydrogens is 578 g/mol. The topological polar surface area (TPSA) is 315 Å². The van der Waals surface area contributed by atoms with Crippen molar-refractivity contribution in [3.8, 4) is 11.5 Å². The third kappa shape index (κ3) is 8.03. The molecule has 3 rings (SSSR count). The van der Waals surface area contributed by atoms with Crippen LogP contribution < -0.4 is 14.4 Å². The molecule has 0 spiro atoms. The molecule has 22 heteroatoms. The Morgan fingerprint density at radius 2 is 1.02 bits per heavy atom. The maximum Gasteiger partial charge on any atom is 0.325 e. The third-order valence-corrected chi connectivity index (χ3v) is 4.90. The fraction of sp³-hybridized carbons (Fsp3) is 0.150. The van der Waals surface area contributed by atoms with Crippen molar-refractivity contribution in [2.24, 2.45) is 0 Å². The predicted octanol–water partition coefficient (Wildman–Crippen LogP) is 1.62. The van der Waals surface area contributed by atoms with E-state index in [1.165, 1.54) is 0 Å². The van der Waals surface area contributed by atoms with Crippen molar-refractivity contribution in [2.75, 3.05) is 6.61 Å². The van der Waals surface area contributed by atoms with Gasteiger partial charge in [0.1, 0.15) is 12.7 Å². The van der Waals surface area contributed by atoms with E-state index in [0.29, 0.717) is 24.3 Å². The van der Waals surface area contributed by atoms with Crippen LogP contribution in [0.25, 0.3) is 0 Å². The second-order valence-electron chi connectivity index (χ2n) is 7.71. The quantitative estimate of drug-likeness (QED) is 0.187. The van der Waals surface area contributed by atoms with E-state index >= 15 is 0 Å². The first-order chi connectivity index (χ1) is 19.6. The first kappa shape index (κ1) is 31.8. The molecule has 42 heavy (non-hydrogen) atoms. The van der Waals surface area contributed by atoms with Crippen molar-refractivity contribution in [1.29, 1.82) is 0 Å². The van der Waals surface area contributed by atoms with E-state index < -0.39 is 87.9 Å². The summed E-state index contributed by atoms with van der Waals surface area (Å²) in [4.78, 5) is 57.5. The zero-order valence-corrected chi connectivity index (χ0v) is 20.5. The molecule has 0 saturated heterocycles. The van der Waals surface area contributed by atoms with Gasteiger partial charge in [-0.25, -0.2) is 4.57 Å². The molecule has 0 aliphatic heterocycles. The van der Waals surface area contributed by atoms with Crippen LogP contribution in [0.15, 0.2) is 54.9 Å². The van der Waals surface area contributed by atoms with Gasteiger partial charge in [-0.1, -0.05) is 6.07 Å². The van der Waals surface area contributed by atoms with E-state index in [-0.39, 0.29) is 6.54 Å². The van der Waals surface area contributed by atoms with Gasteiger partial charge < -0.3 is 14.9 Å². The molecule has 22 nitrogen and oxygen atoms in total. The third-order valence-electron chi connectivity index (χ3n) is 4.90. The van der Waals surface area contributed by atoms with Crippen LogP contribution >= 0.6 is 0 Å². The summed E-state index contributed by atoms with van der Waals surface area (Å²) < 4.78 is 6.71. The summed E-state index contributed by atoms with van der Waals surface area (Å²) in [5, 5.41) is 85.1. The molecule has 0 aliphatic carbocycles. The lowest BCUT2D eigenvalue weighted by Gasteiger charge is -2.10. The minimum Gasteiger partial charge on any atom is -0.863 e. The molecule has 1 heterocycles. The van der Waals surface area contributed by atoms with E-state index in [4.69, 9.17) is 4.74 Å². The number of aliphatic hydroxyl groups is 1. The number of aliphatic hydroxyl groups excluding tert-OH is 1. The number of benzene rings is 2. The molecule has 0 aliphatic rings. The van der Waals surface area contributed by atoms with Gasteiger partial charge in [0.25, 0.3) is 28.5 Å². The van der Waals surface area contributed by atoms with Gasteiger partial charge >= 0.3 is 11.4 Å². The maximum atomic E-state index is 11.1. The Hall–Kier alpha value is -6.45. The average Bonchev–Trinajstić information content (AvgIpc) is 2.91. The molecule has 0 bridgehead atoms. The molecule has 0 fully saturated rings. The summed E-state index contributed by atoms with van der Waals surface area (Å²) in [7, 11) is 0. The monoisotopic (exact) mass is 593 g/mol. The van der Waals surface area contributed by atoms with Crippen molar-refractivity contribution >= 4 is 34.1 Å². The highest BCUT2D eigenvalue weighted by Crippen LogP contribution is 2.40. The van der Waals surface area contributed by atoms with Crippen LogP contribution in [0.1, 0.15) is 0 Å². The van der Waals surface area contributed by atoms with Gasteiger partial charge in [-0.05, 0) is 0 Å². The zero-order chi connectivity index (χ0) is 31.7. The molecule has 220 valence electrons. The number of hydrogen-bond donors (Lipinski definition) is 1. The van der Waals surface area contributed by atoms with Gasteiger partial charge in [-0.3, -0.25) is 60.7 Å². The fourth-order valence-electron chi connectivity index (χ4n) is 3.10. The molecule has 2 aromatic carbocycles. The number of nitrogens with zero attached hydrogens (tertiary/aromatic N) is 7. The number of ether oxygens (including phenoxy) is 1. The Morgan fingerprint density at radius 1 is 0.643 bits per heavy atom. The molecule has 0 saturated carbocycles. The highest BCUT2D eigenvalue weighted by atomic mass is 16.7. The van der Waals surface area contributed by atoms with Crippen LogP contribution in [0.3, 0.4) is 0 Å². The SMILES string of the molecule is O=[N+]([O-])c1cc([N+](=O)[O-])c(OCC(O)C[n+]2ccccc2)c([N+](=O)[O-])c1.O=[N+]([O-])c1cc([N+](=O)[O-])c([O-])c([N+](=O)[O-])c1. The largest absolute Gasteiger partial charge is 0.863 e. The van der Waals surface area contributed by atoms with Crippen molar-refractivity contribution in [3.05, 3.63) is 116 Å². The van der Waals surface area contributed by atoms with Crippen LogP contribution in [0, 0.1) is 60.7 Å². The highest BCUT2D eigenvalue weighted by molar-refractivity contribution is 5.66. The predicted molar refractivity (Wildman–Crippen MR) is 130 cm³/mol. The van der Waals surface area contributed by atoms with E-state index in [1.807, 2.05) is 0 Å². The summed E-state index contributed by atoms with van der Waals surface area (Å²) in [5.41, 5.74) is -5.92. The summed E-state index contributed by atoms with van der Waals surface area (Å²) in [6.07, 6.45) is 2.21. The number of nitro benzene ring substituents is 6. The molecule has 1 atom stereocenters. The van der Waals surface area contributed by atoms with Gasteiger partial charge in [-0.2, -0.15) is 0 Å². The lowest BCUT2D eigenvalue weighted by Crippen LogP contribution is -2.41. The fourth-order valence-corrected chi connectivity index (χ4v) is 3.10. The van der Waals surface area contributed by atoms with Gasteiger partial charge in [0.05, 0.1) is 59.6 Å². The molecule has 1 N–H and O–H groups in total. The van der Waals surface area contributed by atoms with Crippen molar-refractivity contribution < 1.29 is 49.1 Å². The Bertz CT molecular complexity index is 1490. The van der Waals surface area contributed by atoms with E-state index in [0.717, 1.165) is 0 Å². The number of pyridine rings is 1. The number of rotatable bonds is 11. The first-order valence-electron chi connectivity index (χ1n) is 10.8. The van der Waals surface area contributed by atoms with Gasteiger partial charge in [0.15, 0.2) is 18.9 Å². The van der Waals surface area contributed by atoms with Crippen LogP contribution in [0.5, 0.6) is 11.5 Å². The summed E-state index contributed by atoms with van der Waals surface area (Å²) >= 11 is 0. The number of hydrogen-bond acceptors (Lipinski definition) is 15. The Morgan fingerprint density at radius 3 is 1.38 bits per heavy atom. The second kappa shape index (κ2) is 13.6. The van der Waals surface area contributed by atoms with Gasteiger partial charge in [-0.15, -0.1) is 0 Å². The Kier molecular flexibility index (Phi) is 10.3. The number of aromatic nitrogens is 1. The summed E-state index contributed by atoms with van der Waals surface area (Å²) in [5.74, 6) is -2.21. The number of non-ortho nitro benzene ring substituents is 2. The van der Waals surface area contributed by atoms with Crippen LogP contribution in [-0.4, -0.2) is 47.4 Å². The molecule has 0 amide bonds. The van der Waals surface area contributed by atoms with Crippen molar-refractivity contribution in [2.45, 2.75) is 12.6 Å². The molecular formula is C20H15N7O15. The van der Waals surface area contributed by atoms with Crippen LogP contribution in [-0.2, 0) is 6.54 Å². The standard InChI is InChI=1S/C14H13N4O8.C6H3N3O7/c19-11(8-15-4-2-1-3-5-15)9-26-14-12(17(22)23)6-10(16(20)21)7-13(14)18(24)25;10-6-4(8(13)14)1-3(7(11)12)2-5(6)9(15)16/h1-7,11,19H,8-9H2;1-2,10H/q+1;/p-1. The summed E-state index contributed by atoms with van der Waals surface area (Å²) in [6.45, 7) is -0.406. The first-order valence-corrected chi connectivity index (χ1v) is 10.8. The molecule has 0 radical (unpaired) electrons. The minimum absolute atomic E-state index is 0.0788. The molecule has 1 unspecified atom stereocenters. The van der Waals surface area contributed by atoms with E-state index in [9.17, 15) is 70.9 Å².